The zero-order valence-electron chi connectivity index (χ0n) is 9.29. The monoisotopic (exact) mass is 218 g/mol. The van der Waals surface area contributed by atoms with Crippen LogP contribution in [0.1, 0.15) is 27.7 Å². The van der Waals surface area contributed by atoms with Gasteiger partial charge in [0.1, 0.15) is 11.5 Å². The van der Waals surface area contributed by atoms with E-state index in [2.05, 4.69) is 13.2 Å². The predicted molar refractivity (Wildman–Crippen MR) is 59.1 cm³/mol. The first-order valence-electron chi connectivity index (χ1n) is 4.61. The first-order valence-corrected chi connectivity index (χ1v) is 5.84. The van der Waals surface area contributed by atoms with Crippen LogP contribution in [0, 0.1) is 11.8 Å². The fourth-order valence-electron chi connectivity index (χ4n) is 0.471. The van der Waals surface area contributed by atoms with Gasteiger partial charge in [0.05, 0.1) is 0 Å². The van der Waals surface area contributed by atoms with Crippen molar-refractivity contribution in [3.8, 4) is 0 Å². The second kappa shape index (κ2) is 5.92. The molecule has 4 heteroatoms. The highest BCUT2D eigenvalue weighted by atomic mass is 31.1. The fourth-order valence-corrected chi connectivity index (χ4v) is 1.41. The highest BCUT2D eigenvalue weighted by Crippen LogP contribution is 2.33. The van der Waals surface area contributed by atoms with Crippen LogP contribution in [0.4, 0.5) is 0 Å². The fraction of sp³-hybridized carbons (Fsp3) is 0.600. The second-order valence-corrected chi connectivity index (χ2v) is 4.60. The molecule has 0 atom stereocenters. The Bertz CT molecular complexity index is 220. The zero-order chi connectivity index (χ0) is 11.3. The molecule has 0 rings (SSSR count). The lowest BCUT2D eigenvalue weighted by Crippen LogP contribution is -1.96. The Morgan fingerprint density at radius 3 is 1.50 bits per heavy atom. The predicted octanol–water partition coefficient (Wildman–Crippen LogP) is 3.75. The topological polar surface area (TPSA) is 35.5 Å². The van der Waals surface area contributed by atoms with Crippen molar-refractivity contribution in [2.75, 3.05) is 0 Å². The summed E-state index contributed by atoms with van der Waals surface area (Å²) in [7, 11) is -2.53. The average molecular weight is 218 g/mol. The Labute approximate surface area is 86.7 Å². The molecule has 0 aromatic rings. The van der Waals surface area contributed by atoms with E-state index in [0.717, 1.165) is 0 Å². The highest BCUT2D eigenvalue weighted by Gasteiger charge is 2.10. The Morgan fingerprint density at radius 1 is 1.00 bits per heavy atom. The molecule has 0 aliphatic rings. The van der Waals surface area contributed by atoms with Crippen LogP contribution in [-0.4, -0.2) is 0 Å². The van der Waals surface area contributed by atoms with Crippen molar-refractivity contribution in [3.63, 3.8) is 0 Å². The maximum Gasteiger partial charge on any atom is 0.418 e. The maximum absolute atomic E-state index is 11.3. The zero-order valence-corrected chi connectivity index (χ0v) is 10.3. The molecule has 0 saturated heterocycles. The normalized spacial score (nSPS) is 10.8. The van der Waals surface area contributed by atoms with E-state index in [9.17, 15) is 4.57 Å². The van der Waals surface area contributed by atoms with Gasteiger partial charge in [0.2, 0.25) is 0 Å². The summed E-state index contributed by atoms with van der Waals surface area (Å²) in [5.41, 5.74) is 0. The minimum Gasteiger partial charge on any atom is -0.423 e. The number of allylic oxidation sites excluding steroid dienone is 2. The van der Waals surface area contributed by atoms with Gasteiger partial charge < -0.3 is 9.05 Å². The number of hydrogen-bond acceptors (Lipinski definition) is 3. The van der Waals surface area contributed by atoms with Gasteiger partial charge in [0.25, 0.3) is 0 Å². The molecule has 0 amide bonds. The quantitative estimate of drug-likeness (QED) is 0.503. The molecular formula is C10H19O3P. The summed E-state index contributed by atoms with van der Waals surface area (Å²) >= 11 is 0. The molecule has 0 radical (unpaired) electrons. The molecule has 0 bridgehead atoms. The first-order chi connectivity index (χ1) is 6.34. The molecule has 0 N–H and O–H groups in total. The van der Waals surface area contributed by atoms with Crippen molar-refractivity contribution in [2.24, 2.45) is 11.8 Å². The third kappa shape index (κ3) is 5.13. The van der Waals surface area contributed by atoms with Crippen molar-refractivity contribution in [1.29, 1.82) is 0 Å². The molecule has 0 unspecified atom stereocenters. The van der Waals surface area contributed by atoms with Crippen molar-refractivity contribution < 1.29 is 13.6 Å². The smallest absolute Gasteiger partial charge is 0.418 e. The van der Waals surface area contributed by atoms with Crippen molar-refractivity contribution >= 4 is 8.25 Å². The summed E-state index contributed by atoms with van der Waals surface area (Å²) in [5, 5.41) is 0. The van der Waals surface area contributed by atoms with Crippen LogP contribution < -0.4 is 0 Å². The molecule has 82 valence electrons. The molecule has 0 fully saturated rings. The minimum absolute atomic E-state index is 0.139. The van der Waals surface area contributed by atoms with E-state index in [1.165, 1.54) is 0 Å². The number of rotatable bonds is 6. The van der Waals surface area contributed by atoms with Crippen LogP contribution in [0.25, 0.3) is 0 Å². The summed E-state index contributed by atoms with van der Waals surface area (Å²) in [4.78, 5) is 0. The highest BCUT2D eigenvalue weighted by molar-refractivity contribution is 7.33. The van der Waals surface area contributed by atoms with Crippen LogP contribution in [0.15, 0.2) is 24.7 Å². The Kier molecular flexibility index (Phi) is 5.63. The van der Waals surface area contributed by atoms with E-state index in [1.807, 2.05) is 27.7 Å². The van der Waals surface area contributed by atoms with E-state index in [1.54, 1.807) is 0 Å². The van der Waals surface area contributed by atoms with Crippen LogP contribution >= 0.6 is 8.25 Å². The third-order valence-corrected chi connectivity index (χ3v) is 2.57. The third-order valence-electron chi connectivity index (χ3n) is 1.72. The Morgan fingerprint density at radius 2 is 1.29 bits per heavy atom. The molecule has 3 nitrogen and oxygen atoms in total. The summed E-state index contributed by atoms with van der Waals surface area (Å²) in [6, 6.07) is 0. The standard InChI is InChI=1S/C10H19O3P/c1-7(2)9(5)12-14(11)13-10(6)8(3)4/h7-8,14H,5-6H2,1-4H3. The molecule has 0 aromatic heterocycles. The lowest BCUT2D eigenvalue weighted by molar-refractivity contribution is 0.279. The molecule has 0 aliphatic heterocycles. The van der Waals surface area contributed by atoms with Gasteiger partial charge in [0, 0.05) is 11.8 Å². The molecule has 0 heterocycles. The summed E-state index contributed by atoms with van der Waals surface area (Å²) in [6.07, 6.45) is 0. The van der Waals surface area contributed by atoms with Gasteiger partial charge in [-0.2, -0.15) is 0 Å². The lowest BCUT2D eigenvalue weighted by atomic mass is 10.2. The molecule has 0 aliphatic carbocycles. The van der Waals surface area contributed by atoms with E-state index in [0.29, 0.717) is 11.5 Å². The van der Waals surface area contributed by atoms with Gasteiger partial charge in [0.15, 0.2) is 0 Å². The van der Waals surface area contributed by atoms with E-state index in [4.69, 9.17) is 9.05 Å². The van der Waals surface area contributed by atoms with Gasteiger partial charge in [-0.3, -0.25) is 0 Å². The molecule has 0 spiro atoms. The van der Waals surface area contributed by atoms with Crippen molar-refractivity contribution in [3.05, 3.63) is 24.7 Å². The molecule has 0 saturated carbocycles. The van der Waals surface area contributed by atoms with Crippen LogP contribution in [0.2, 0.25) is 0 Å². The van der Waals surface area contributed by atoms with Crippen LogP contribution in [-0.2, 0) is 13.6 Å². The molecule has 14 heavy (non-hydrogen) atoms. The van der Waals surface area contributed by atoms with Gasteiger partial charge in [-0.25, -0.2) is 4.57 Å². The largest absolute Gasteiger partial charge is 0.423 e. The van der Waals surface area contributed by atoms with Crippen molar-refractivity contribution in [1.82, 2.24) is 0 Å². The SMILES string of the molecule is C=C(O[PH](=O)OC(=C)C(C)C)C(C)C. The van der Waals surface area contributed by atoms with Crippen LogP contribution in [0.3, 0.4) is 0 Å². The van der Waals surface area contributed by atoms with Crippen molar-refractivity contribution in [2.45, 2.75) is 27.7 Å². The van der Waals surface area contributed by atoms with E-state index < -0.39 is 8.25 Å². The first kappa shape index (κ1) is 13.3. The van der Waals surface area contributed by atoms with Crippen LogP contribution in [0.5, 0.6) is 0 Å². The van der Waals surface area contributed by atoms with Gasteiger partial charge in [-0.05, 0) is 0 Å². The Balaban J connectivity index is 4.00. The summed E-state index contributed by atoms with van der Waals surface area (Å²) in [6.45, 7) is 14.9. The maximum atomic E-state index is 11.3. The minimum atomic E-state index is -2.53. The second-order valence-electron chi connectivity index (χ2n) is 3.70. The van der Waals surface area contributed by atoms with Gasteiger partial charge >= 0.3 is 8.25 Å². The Hall–Kier alpha value is -0.690. The average Bonchev–Trinajstić information content (AvgIpc) is 2.03. The summed E-state index contributed by atoms with van der Waals surface area (Å²) in [5.74, 6) is 1.23. The lowest BCUT2D eigenvalue weighted by Gasteiger charge is -2.14. The molecule has 0 aromatic carbocycles. The van der Waals surface area contributed by atoms with E-state index >= 15 is 0 Å². The molecular weight excluding hydrogens is 199 g/mol. The van der Waals surface area contributed by atoms with Gasteiger partial charge in [-0.15, -0.1) is 0 Å². The van der Waals surface area contributed by atoms with E-state index in [-0.39, 0.29) is 11.8 Å². The van der Waals surface area contributed by atoms with Gasteiger partial charge in [-0.1, -0.05) is 40.9 Å². The summed E-state index contributed by atoms with van der Waals surface area (Å²) < 4.78 is 21.3. The number of hydrogen-bond donors (Lipinski definition) is 0.